The van der Waals surface area contributed by atoms with Gasteiger partial charge >= 0.3 is 0 Å². The number of benzene rings is 2. The van der Waals surface area contributed by atoms with E-state index in [4.69, 9.17) is 5.73 Å². The number of rotatable bonds is 6. The molecule has 2 aromatic carbocycles. The van der Waals surface area contributed by atoms with Gasteiger partial charge in [-0.05, 0) is 36.1 Å². The minimum atomic E-state index is -0.566. The number of nitrogens with one attached hydrogen (secondary N) is 1. The molecule has 1 fully saturated rings. The summed E-state index contributed by atoms with van der Waals surface area (Å²) >= 11 is 0. The molecule has 1 unspecified atom stereocenters. The van der Waals surface area contributed by atoms with E-state index in [1.165, 1.54) is 0 Å². The maximum Gasteiger partial charge on any atom is 0.237 e. The molecule has 3 rings (SSSR count). The number of amides is 2. The summed E-state index contributed by atoms with van der Waals surface area (Å²) in [6.07, 6.45) is 2.05. The van der Waals surface area contributed by atoms with Crippen molar-refractivity contribution in [1.29, 1.82) is 0 Å². The zero-order valence-electron chi connectivity index (χ0n) is 14.2. The molecule has 5 heteroatoms. The number of hydrogen-bond acceptors (Lipinski definition) is 3. The van der Waals surface area contributed by atoms with Crippen LogP contribution < -0.4 is 16.0 Å². The molecule has 1 aliphatic heterocycles. The van der Waals surface area contributed by atoms with E-state index in [1.807, 2.05) is 54.6 Å². The van der Waals surface area contributed by atoms with Gasteiger partial charge in [-0.3, -0.25) is 9.59 Å². The van der Waals surface area contributed by atoms with Crippen molar-refractivity contribution >= 4 is 17.5 Å². The Hall–Kier alpha value is -2.66. The van der Waals surface area contributed by atoms with E-state index in [-0.39, 0.29) is 11.8 Å². The van der Waals surface area contributed by atoms with E-state index in [0.29, 0.717) is 19.4 Å². The van der Waals surface area contributed by atoms with E-state index in [2.05, 4.69) is 5.32 Å². The monoisotopic (exact) mass is 337 g/mol. The third-order valence-electron chi connectivity index (χ3n) is 4.42. The maximum atomic E-state index is 12.2. The molecule has 25 heavy (non-hydrogen) atoms. The summed E-state index contributed by atoms with van der Waals surface area (Å²) in [4.78, 5) is 25.7. The molecule has 1 atom stereocenters. The molecule has 1 heterocycles. The molecular formula is C20H23N3O2. The van der Waals surface area contributed by atoms with Crippen molar-refractivity contribution in [3.8, 4) is 0 Å². The first kappa shape index (κ1) is 17.2. The van der Waals surface area contributed by atoms with Crippen molar-refractivity contribution in [3.63, 3.8) is 0 Å². The van der Waals surface area contributed by atoms with Crippen LogP contribution in [0.4, 0.5) is 5.69 Å². The van der Waals surface area contributed by atoms with Crippen LogP contribution in [0.3, 0.4) is 0 Å². The Morgan fingerprint density at radius 1 is 1.08 bits per heavy atom. The minimum Gasteiger partial charge on any atom is -0.351 e. The van der Waals surface area contributed by atoms with E-state index >= 15 is 0 Å². The van der Waals surface area contributed by atoms with Crippen LogP contribution in [0.1, 0.15) is 24.0 Å². The summed E-state index contributed by atoms with van der Waals surface area (Å²) in [7, 11) is 0. The lowest BCUT2D eigenvalue weighted by Gasteiger charge is -2.16. The molecule has 5 nitrogen and oxygen atoms in total. The quantitative estimate of drug-likeness (QED) is 0.846. The van der Waals surface area contributed by atoms with Crippen LogP contribution in [0, 0.1) is 0 Å². The van der Waals surface area contributed by atoms with Gasteiger partial charge in [0, 0.05) is 25.2 Å². The van der Waals surface area contributed by atoms with Crippen molar-refractivity contribution < 1.29 is 9.59 Å². The zero-order valence-corrected chi connectivity index (χ0v) is 14.2. The van der Waals surface area contributed by atoms with Crippen LogP contribution in [-0.2, 0) is 22.6 Å². The largest absolute Gasteiger partial charge is 0.351 e. The molecule has 3 N–H and O–H groups in total. The molecule has 1 aliphatic rings. The van der Waals surface area contributed by atoms with Crippen LogP contribution >= 0.6 is 0 Å². The van der Waals surface area contributed by atoms with Crippen molar-refractivity contribution in [2.24, 2.45) is 5.73 Å². The van der Waals surface area contributed by atoms with E-state index in [9.17, 15) is 9.59 Å². The van der Waals surface area contributed by atoms with Gasteiger partial charge in [0.05, 0.1) is 6.04 Å². The fraction of sp³-hybridized carbons (Fsp3) is 0.300. The summed E-state index contributed by atoms with van der Waals surface area (Å²) in [5.74, 6) is 0.00980. The van der Waals surface area contributed by atoms with Gasteiger partial charge in [-0.1, -0.05) is 42.5 Å². The molecule has 1 saturated heterocycles. The lowest BCUT2D eigenvalue weighted by atomic mass is 10.1. The van der Waals surface area contributed by atoms with Crippen LogP contribution in [0.2, 0.25) is 0 Å². The van der Waals surface area contributed by atoms with Crippen molar-refractivity contribution in [1.82, 2.24) is 5.32 Å². The SMILES string of the molecule is NC(Cc1ccccc1)C(=O)NCc1ccc(N2CCCC2=O)cc1. The molecule has 0 saturated carbocycles. The Kier molecular flexibility index (Phi) is 5.46. The van der Waals surface area contributed by atoms with E-state index in [1.54, 1.807) is 4.90 Å². The number of hydrogen-bond donors (Lipinski definition) is 2. The third-order valence-corrected chi connectivity index (χ3v) is 4.42. The smallest absolute Gasteiger partial charge is 0.237 e. The second-order valence-corrected chi connectivity index (χ2v) is 6.33. The van der Waals surface area contributed by atoms with Crippen LogP contribution in [0.5, 0.6) is 0 Å². The summed E-state index contributed by atoms with van der Waals surface area (Å²) in [6, 6.07) is 16.9. The van der Waals surface area contributed by atoms with Gasteiger partial charge in [0.15, 0.2) is 0 Å². The first-order valence-electron chi connectivity index (χ1n) is 8.60. The van der Waals surface area contributed by atoms with Gasteiger partial charge in [-0.2, -0.15) is 0 Å². The second-order valence-electron chi connectivity index (χ2n) is 6.33. The van der Waals surface area contributed by atoms with Crippen molar-refractivity contribution in [2.45, 2.75) is 31.8 Å². The minimum absolute atomic E-state index is 0.164. The Balaban J connectivity index is 1.51. The lowest BCUT2D eigenvalue weighted by Crippen LogP contribution is -2.41. The summed E-state index contributed by atoms with van der Waals surface area (Å²) in [5, 5.41) is 2.87. The van der Waals surface area contributed by atoms with Crippen molar-refractivity contribution in [2.75, 3.05) is 11.4 Å². The van der Waals surface area contributed by atoms with Crippen LogP contribution in [0.25, 0.3) is 0 Å². The summed E-state index contributed by atoms with van der Waals surface area (Å²) < 4.78 is 0. The van der Waals surface area contributed by atoms with Gasteiger partial charge in [0.25, 0.3) is 0 Å². The molecule has 2 aromatic rings. The van der Waals surface area contributed by atoms with E-state index in [0.717, 1.165) is 29.8 Å². The number of anilines is 1. The normalized spacial score (nSPS) is 15.2. The van der Waals surface area contributed by atoms with Gasteiger partial charge in [-0.15, -0.1) is 0 Å². The van der Waals surface area contributed by atoms with Gasteiger partial charge < -0.3 is 16.0 Å². The molecule has 0 aliphatic carbocycles. The van der Waals surface area contributed by atoms with Crippen molar-refractivity contribution in [3.05, 3.63) is 65.7 Å². The molecule has 0 radical (unpaired) electrons. The zero-order chi connectivity index (χ0) is 17.6. The average molecular weight is 337 g/mol. The third kappa shape index (κ3) is 4.45. The summed E-state index contributed by atoms with van der Waals surface area (Å²) in [6.45, 7) is 1.21. The Bertz CT molecular complexity index is 728. The van der Waals surface area contributed by atoms with Crippen LogP contribution in [-0.4, -0.2) is 24.4 Å². The molecule has 2 amide bonds. The second kappa shape index (κ2) is 7.94. The molecule has 130 valence electrons. The standard InChI is InChI=1S/C20H23N3O2/c21-18(13-15-5-2-1-3-6-15)20(25)22-14-16-8-10-17(11-9-16)23-12-4-7-19(23)24/h1-3,5-6,8-11,18H,4,7,12-14,21H2,(H,22,25). The number of nitrogens with zero attached hydrogens (tertiary/aromatic N) is 1. The number of carbonyl (C=O) groups is 2. The average Bonchev–Trinajstić information content (AvgIpc) is 3.07. The number of carbonyl (C=O) groups excluding carboxylic acids is 2. The highest BCUT2D eigenvalue weighted by molar-refractivity contribution is 5.95. The van der Waals surface area contributed by atoms with Crippen LogP contribution in [0.15, 0.2) is 54.6 Å². The molecule has 0 spiro atoms. The van der Waals surface area contributed by atoms with Gasteiger partial charge in [-0.25, -0.2) is 0 Å². The van der Waals surface area contributed by atoms with Gasteiger partial charge in [0.1, 0.15) is 0 Å². The fourth-order valence-corrected chi connectivity index (χ4v) is 3.00. The molecule has 0 aromatic heterocycles. The Morgan fingerprint density at radius 2 is 1.80 bits per heavy atom. The first-order valence-corrected chi connectivity index (χ1v) is 8.60. The lowest BCUT2D eigenvalue weighted by molar-refractivity contribution is -0.122. The first-order chi connectivity index (χ1) is 12.1. The highest BCUT2D eigenvalue weighted by Crippen LogP contribution is 2.21. The van der Waals surface area contributed by atoms with E-state index < -0.39 is 6.04 Å². The number of nitrogens with two attached hydrogens (primary N) is 1. The molecular weight excluding hydrogens is 314 g/mol. The highest BCUT2D eigenvalue weighted by atomic mass is 16.2. The topological polar surface area (TPSA) is 75.4 Å². The van der Waals surface area contributed by atoms with Gasteiger partial charge in [0.2, 0.25) is 11.8 Å². The predicted octanol–water partition coefficient (Wildman–Crippen LogP) is 2.00. The summed E-state index contributed by atoms with van der Waals surface area (Å²) in [5.41, 5.74) is 8.92. The fourth-order valence-electron chi connectivity index (χ4n) is 3.00. The molecule has 0 bridgehead atoms. The predicted molar refractivity (Wildman–Crippen MR) is 98.0 cm³/mol. The Labute approximate surface area is 147 Å². The maximum absolute atomic E-state index is 12.2. The highest BCUT2D eigenvalue weighted by Gasteiger charge is 2.21. The Morgan fingerprint density at radius 3 is 2.44 bits per heavy atom.